The molecule has 1 N–H and O–H groups in total. The lowest BCUT2D eigenvalue weighted by molar-refractivity contribution is 0.303. The Hall–Kier alpha value is -1.59. The van der Waals surface area contributed by atoms with Gasteiger partial charge in [-0.2, -0.15) is 0 Å². The van der Waals surface area contributed by atoms with Crippen molar-refractivity contribution in [2.45, 2.75) is 33.4 Å². The predicted octanol–water partition coefficient (Wildman–Crippen LogP) is 3.54. The van der Waals surface area contributed by atoms with E-state index < -0.39 is 0 Å². The molecule has 0 saturated carbocycles. The first-order valence-electron chi connectivity index (χ1n) is 7.15. The molecule has 1 aromatic carbocycles. The number of ether oxygens (including phenoxy) is 2. The molecule has 0 aliphatic carbocycles. The Labute approximate surface area is 130 Å². The minimum Gasteiger partial charge on any atom is -0.497 e. The molecule has 5 heteroatoms. The highest BCUT2D eigenvalue weighted by Gasteiger charge is 2.08. The molecule has 0 unspecified atom stereocenters. The quantitative estimate of drug-likeness (QED) is 0.758. The van der Waals surface area contributed by atoms with Crippen LogP contribution in [0.3, 0.4) is 0 Å². The second kappa shape index (κ2) is 8.00. The molecule has 1 aromatic heterocycles. The summed E-state index contributed by atoms with van der Waals surface area (Å²) in [6.07, 6.45) is 1.14. The van der Waals surface area contributed by atoms with Crippen molar-refractivity contribution in [2.24, 2.45) is 0 Å². The number of thiazole rings is 1. The minimum absolute atomic E-state index is 0.493. The summed E-state index contributed by atoms with van der Waals surface area (Å²) < 4.78 is 11.0. The molecule has 1 heterocycles. The molecule has 0 bridgehead atoms. The highest BCUT2D eigenvalue weighted by molar-refractivity contribution is 7.11. The van der Waals surface area contributed by atoms with Crippen LogP contribution >= 0.6 is 11.3 Å². The van der Waals surface area contributed by atoms with E-state index >= 15 is 0 Å². The highest BCUT2D eigenvalue weighted by Crippen LogP contribution is 2.22. The summed E-state index contributed by atoms with van der Waals surface area (Å²) in [6.45, 7) is 6.63. The topological polar surface area (TPSA) is 43.4 Å². The van der Waals surface area contributed by atoms with Crippen molar-refractivity contribution < 1.29 is 9.47 Å². The van der Waals surface area contributed by atoms with Crippen LogP contribution in [0, 0.1) is 6.92 Å². The third-order valence-corrected chi connectivity index (χ3v) is 4.18. The third-order valence-electron chi connectivity index (χ3n) is 3.05. The molecule has 0 spiro atoms. The number of hydrogen-bond acceptors (Lipinski definition) is 5. The van der Waals surface area contributed by atoms with Crippen molar-refractivity contribution in [3.63, 3.8) is 0 Å². The van der Waals surface area contributed by atoms with Crippen molar-refractivity contribution in [1.29, 1.82) is 0 Å². The molecule has 0 aliphatic rings. The molecule has 0 fully saturated rings. The van der Waals surface area contributed by atoms with E-state index in [1.807, 2.05) is 24.3 Å². The van der Waals surface area contributed by atoms with Gasteiger partial charge in [0.25, 0.3) is 0 Å². The average molecular weight is 306 g/mol. The predicted molar refractivity (Wildman–Crippen MR) is 86.2 cm³/mol. The first-order chi connectivity index (χ1) is 10.2. The summed E-state index contributed by atoms with van der Waals surface area (Å²) in [5, 5.41) is 4.41. The van der Waals surface area contributed by atoms with Crippen LogP contribution in [0.4, 0.5) is 0 Å². The Kier molecular flexibility index (Phi) is 6.02. The van der Waals surface area contributed by atoms with Gasteiger partial charge in [0, 0.05) is 17.5 Å². The number of rotatable bonds is 8. The van der Waals surface area contributed by atoms with Gasteiger partial charge in [-0.1, -0.05) is 13.0 Å². The van der Waals surface area contributed by atoms with E-state index in [0.717, 1.165) is 41.7 Å². The van der Waals surface area contributed by atoms with Gasteiger partial charge in [-0.3, -0.25) is 0 Å². The van der Waals surface area contributed by atoms with Crippen molar-refractivity contribution in [2.75, 3.05) is 13.7 Å². The number of methoxy groups -OCH3 is 1. The van der Waals surface area contributed by atoms with E-state index in [2.05, 4.69) is 24.1 Å². The first kappa shape index (κ1) is 15.8. The van der Waals surface area contributed by atoms with Gasteiger partial charge in [-0.05, 0) is 32.0 Å². The van der Waals surface area contributed by atoms with E-state index in [4.69, 9.17) is 9.47 Å². The summed E-state index contributed by atoms with van der Waals surface area (Å²) in [4.78, 5) is 5.85. The molecule has 2 rings (SSSR count). The lowest BCUT2D eigenvalue weighted by Gasteiger charge is -2.05. The molecule has 0 atom stereocenters. The average Bonchev–Trinajstić information content (AvgIpc) is 2.86. The van der Waals surface area contributed by atoms with Crippen LogP contribution in [0.15, 0.2) is 24.3 Å². The maximum Gasteiger partial charge on any atom is 0.140 e. The number of aromatic nitrogens is 1. The molecular formula is C16H22N2O2S. The molecular weight excluding hydrogens is 284 g/mol. The lowest BCUT2D eigenvalue weighted by Crippen LogP contribution is -2.13. The van der Waals surface area contributed by atoms with Crippen LogP contribution in [0.25, 0.3) is 0 Å². The van der Waals surface area contributed by atoms with E-state index in [-0.39, 0.29) is 0 Å². The second-order valence-corrected chi connectivity index (χ2v) is 5.93. The van der Waals surface area contributed by atoms with Crippen LogP contribution < -0.4 is 14.8 Å². The van der Waals surface area contributed by atoms with Crippen molar-refractivity contribution in [3.05, 3.63) is 39.8 Å². The van der Waals surface area contributed by atoms with Crippen molar-refractivity contribution >= 4 is 11.3 Å². The molecule has 0 radical (unpaired) electrons. The SMILES string of the molecule is CCCNCc1sc(COc2cccc(OC)c2)nc1C. The Bertz CT molecular complexity index is 569. The van der Waals surface area contributed by atoms with Crippen LogP contribution in [-0.2, 0) is 13.2 Å². The summed E-state index contributed by atoms with van der Waals surface area (Å²) >= 11 is 1.71. The van der Waals surface area contributed by atoms with E-state index in [1.165, 1.54) is 4.88 Å². The van der Waals surface area contributed by atoms with Gasteiger partial charge in [0.2, 0.25) is 0 Å². The fourth-order valence-corrected chi connectivity index (χ4v) is 2.88. The monoisotopic (exact) mass is 306 g/mol. The van der Waals surface area contributed by atoms with Gasteiger partial charge in [0.05, 0.1) is 12.8 Å². The standard InChI is InChI=1S/C16H22N2O2S/c1-4-8-17-10-15-12(2)18-16(21-15)11-20-14-7-5-6-13(9-14)19-3/h5-7,9,17H,4,8,10-11H2,1-3H3. The van der Waals surface area contributed by atoms with Gasteiger partial charge in [-0.15, -0.1) is 11.3 Å². The molecule has 0 saturated heterocycles. The Balaban J connectivity index is 1.92. The second-order valence-electron chi connectivity index (χ2n) is 4.76. The number of aryl methyl sites for hydroxylation is 1. The fourth-order valence-electron chi connectivity index (χ4n) is 1.93. The number of nitrogens with one attached hydrogen (secondary N) is 1. The third kappa shape index (κ3) is 4.72. The van der Waals surface area contributed by atoms with Gasteiger partial charge in [0.15, 0.2) is 0 Å². The highest BCUT2D eigenvalue weighted by atomic mass is 32.1. The van der Waals surface area contributed by atoms with E-state index in [9.17, 15) is 0 Å². The zero-order chi connectivity index (χ0) is 15.1. The lowest BCUT2D eigenvalue weighted by atomic mass is 10.3. The van der Waals surface area contributed by atoms with Crippen molar-refractivity contribution in [3.8, 4) is 11.5 Å². The van der Waals surface area contributed by atoms with Crippen LogP contribution in [-0.4, -0.2) is 18.6 Å². The maximum absolute atomic E-state index is 5.78. The van der Waals surface area contributed by atoms with Gasteiger partial charge < -0.3 is 14.8 Å². The fraction of sp³-hybridized carbons (Fsp3) is 0.438. The van der Waals surface area contributed by atoms with Crippen LogP contribution in [0.1, 0.15) is 28.9 Å². The summed E-state index contributed by atoms with van der Waals surface area (Å²) in [7, 11) is 1.65. The van der Waals surface area contributed by atoms with Crippen LogP contribution in [0.5, 0.6) is 11.5 Å². The summed E-state index contributed by atoms with van der Waals surface area (Å²) in [5.41, 5.74) is 1.09. The number of hydrogen-bond donors (Lipinski definition) is 1. The molecule has 0 aliphatic heterocycles. The first-order valence-corrected chi connectivity index (χ1v) is 7.97. The molecule has 21 heavy (non-hydrogen) atoms. The van der Waals surface area contributed by atoms with Crippen LogP contribution in [0.2, 0.25) is 0 Å². The summed E-state index contributed by atoms with van der Waals surface area (Å²) in [6, 6.07) is 7.62. The molecule has 4 nitrogen and oxygen atoms in total. The maximum atomic E-state index is 5.78. The smallest absolute Gasteiger partial charge is 0.140 e. The normalized spacial score (nSPS) is 10.6. The number of nitrogens with zero attached hydrogens (tertiary/aromatic N) is 1. The zero-order valence-electron chi connectivity index (χ0n) is 12.8. The molecule has 2 aromatic rings. The van der Waals surface area contributed by atoms with E-state index in [0.29, 0.717) is 6.61 Å². The van der Waals surface area contributed by atoms with Gasteiger partial charge >= 0.3 is 0 Å². The van der Waals surface area contributed by atoms with Gasteiger partial charge in [-0.25, -0.2) is 4.98 Å². The van der Waals surface area contributed by atoms with E-state index in [1.54, 1.807) is 18.4 Å². The Morgan fingerprint density at radius 1 is 1.29 bits per heavy atom. The van der Waals surface area contributed by atoms with Gasteiger partial charge in [0.1, 0.15) is 23.1 Å². The molecule has 0 amide bonds. The van der Waals surface area contributed by atoms with Crippen molar-refractivity contribution in [1.82, 2.24) is 10.3 Å². The molecule has 114 valence electrons. The largest absolute Gasteiger partial charge is 0.497 e. The zero-order valence-corrected chi connectivity index (χ0v) is 13.6. The Morgan fingerprint density at radius 3 is 2.86 bits per heavy atom. The number of benzene rings is 1. The minimum atomic E-state index is 0.493. The summed E-state index contributed by atoms with van der Waals surface area (Å²) in [5.74, 6) is 1.60. The Morgan fingerprint density at radius 2 is 2.10 bits per heavy atom.